The number of hydrogen-bond acceptors (Lipinski definition) is 5. The maximum absolute atomic E-state index is 11.6. The van der Waals surface area contributed by atoms with Crippen LogP contribution in [0.15, 0.2) is 30.6 Å². The predicted octanol–water partition coefficient (Wildman–Crippen LogP) is 1.82. The van der Waals surface area contributed by atoms with Crippen LogP contribution in [0.25, 0.3) is 0 Å². The van der Waals surface area contributed by atoms with E-state index in [-0.39, 0.29) is 5.78 Å². The number of aromatic nitrogens is 2. The van der Waals surface area contributed by atoms with Gasteiger partial charge in [-0.3, -0.25) is 9.69 Å². The number of nitriles is 1. The first kappa shape index (κ1) is 16.2. The van der Waals surface area contributed by atoms with E-state index in [2.05, 4.69) is 20.9 Å². The number of benzene rings is 1. The molecule has 2 heterocycles. The molecule has 0 radical (unpaired) electrons. The Hall–Kier alpha value is -2.65. The topological polar surface area (TPSA) is 65.2 Å². The maximum Gasteiger partial charge on any atom is 0.159 e. The molecule has 6 nitrogen and oxygen atoms in total. The van der Waals surface area contributed by atoms with Gasteiger partial charge in [-0.2, -0.15) is 5.26 Å². The van der Waals surface area contributed by atoms with Gasteiger partial charge in [-0.15, -0.1) is 0 Å². The molecule has 2 aromatic rings. The Bertz CT molecular complexity index is 781. The molecule has 1 aliphatic heterocycles. The van der Waals surface area contributed by atoms with Gasteiger partial charge < -0.3 is 9.47 Å². The Morgan fingerprint density at radius 1 is 1.29 bits per heavy atom. The normalized spacial score (nSPS) is 15.3. The third-order valence-corrected chi connectivity index (χ3v) is 4.52. The largest absolute Gasteiger partial charge is 0.368 e. The van der Waals surface area contributed by atoms with Gasteiger partial charge >= 0.3 is 0 Å². The molecular formula is C18H21N5O. The highest BCUT2D eigenvalue weighted by Gasteiger charge is 2.21. The fourth-order valence-electron chi connectivity index (χ4n) is 3.00. The highest BCUT2D eigenvalue weighted by Crippen LogP contribution is 2.24. The number of imidazole rings is 1. The minimum atomic E-state index is 0.0224. The summed E-state index contributed by atoms with van der Waals surface area (Å²) in [4.78, 5) is 20.6. The molecule has 1 fully saturated rings. The Morgan fingerprint density at radius 2 is 2.04 bits per heavy atom. The number of hydrogen-bond donors (Lipinski definition) is 0. The number of nitrogens with zero attached hydrogens (tertiary/aromatic N) is 5. The standard InChI is InChI=1S/C18H21N5O/c1-14(24)15-3-4-16(12-19)17(11-15)23-9-7-22(8-10-23)13-18-20-5-6-21(18)2/h3-6,11H,7-10,13H2,1-2H3. The smallest absolute Gasteiger partial charge is 0.159 e. The molecule has 3 rings (SSSR count). The van der Waals surface area contributed by atoms with Crippen LogP contribution in [0.5, 0.6) is 0 Å². The second-order valence-corrected chi connectivity index (χ2v) is 6.12. The molecule has 0 spiro atoms. The fourth-order valence-corrected chi connectivity index (χ4v) is 3.00. The molecule has 0 unspecified atom stereocenters. The molecule has 1 saturated heterocycles. The summed E-state index contributed by atoms with van der Waals surface area (Å²) >= 11 is 0. The van der Waals surface area contributed by atoms with Crippen molar-refractivity contribution in [2.75, 3.05) is 31.1 Å². The van der Waals surface area contributed by atoms with Crippen molar-refractivity contribution in [2.45, 2.75) is 13.5 Å². The lowest BCUT2D eigenvalue weighted by Gasteiger charge is -2.36. The van der Waals surface area contributed by atoms with E-state index >= 15 is 0 Å². The molecule has 124 valence electrons. The van der Waals surface area contributed by atoms with Crippen molar-refractivity contribution in [3.8, 4) is 6.07 Å². The number of carbonyl (C=O) groups is 1. The fraction of sp³-hybridized carbons (Fsp3) is 0.389. The van der Waals surface area contributed by atoms with Crippen molar-refractivity contribution in [1.29, 1.82) is 5.26 Å². The average molecular weight is 323 g/mol. The Labute approximate surface area is 141 Å². The van der Waals surface area contributed by atoms with E-state index < -0.39 is 0 Å². The van der Waals surface area contributed by atoms with Crippen LogP contribution in [0, 0.1) is 11.3 Å². The lowest BCUT2D eigenvalue weighted by Crippen LogP contribution is -2.46. The minimum absolute atomic E-state index is 0.0224. The Balaban J connectivity index is 1.70. The molecule has 6 heteroatoms. The Kier molecular flexibility index (Phi) is 4.63. The SMILES string of the molecule is CC(=O)c1ccc(C#N)c(N2CCN(Cc3nccn3C)CC2)c1. The first-order valence-electron chi connectivity index (χ1n) is 8.07. The second kappa shape index (κ2) is 6.85. The van der Waals surface area contributed by atoms with E-state index in [4.69, 9.17) is 0 Å². The molecule has 1 aliphatic rings. The summed E-state index contributed by atoms with van der Waals surface area (Å²) in [5, 5.41) is 9.35. The molecule has 0 aliphatic carbocycles. The van der Waals surface area contributed by atoms with Crippen LogP contribution in [0.1, 0.15) is 28.7 Å². The van der Waals surface area contributed by atoms with Gasteiger partial charge in [0, 0.05) is 51.2 Å². The number of anilines is 1. The average Bonchev–Trinajstić information content (AvgIpc) is 3.00. The summed E-state index contributed by atoms with van der Waals surface area (Å²) in [7, 11) is 2.00. The van der Waals surface area contributed by atoms with Crippen molar-refractivity contribution >= 4 is 11.5 Å². The summed E-state index contributed by atoms with van der Waals surface area (Å²) in [5.41, 5.74) is 2.14. The summed E-state index contributed by atoms with van der Waals surface area (Å²) in [6.45, 7) is 5.86. The van der Waals surface area contributed by atoms with Gasteiger partial charge in [0.15, 0.2) is 5.78 Å². The Morgan fingerprint density at radius 3 is 2.62 bits per heavy atom. The monoisotopic (exact) mass is 323 g/mol. The van der Waals surface area contributed by atoms with E-state index in [0.29, 0.717) is 11.1 Å². The van der Waals surface area contributed by atoms with Crippen molar-refractivity contribution in [1.82, 2.24) is 14.5 Å². The zero-order valence-corrected chi connectivity index (χ0v) is 14.1. The van der Waals surface area contributed by atoms with E-state index in [1.165, 1.54) is 0 Å². The van der Waals surface area contributed by atoms with Gasteiger partial charge in [0.25, 0.3) is 0 Å². The second-order valence-electron chi connectivity index (χ2n) is 6.12. The summed E-state index contributed by atoms with van der Waals surface area (Å²) < 4.78 is 2.04. The first-order chi connectivity index (χ1) is 11.6. The van der Waals surface area contributed by atoms with Gasteiger partial charge in [-0.25, -0.2) is 4.98 Å². The summed E-state index contributed by atoms with van der Waals surface area (Å²) in [6, 6.07) is 7.54. The van der Waals surface area contributed by atoms with Crippen molar-refractivity contribution in [2.24, 2.45) is 7.05 Å². The molecule has 0 saturated carbocycles. The summed E-state index contributed by atoms with van der Waals surface area (Å²) in [6.07, 6.45) is 3.77. The van der Waals surface area contributed by atoms with E-state index in [9.17, 15) is 10.1 Å². The predicted molar refractivity (Wildman–Crippen MR) is 91.9 cm³/mol. The highest BCUT2D eigenvalue weighted by atomic mass is 16.1. The molecule has 0 atom stereocenters. The lowest BCUT2D eigenvalue weighted by molar-refractivity contribution is 0.101. The molecule has 0 amide bonds. The van der Waals surface area contributed by atoms with E-state index in [1.54, 1.807) is 19.1 Å². The van der Waals surface area contributed by atoms with Gasteiger partial charge in [0.1, 0.15) is 11.9 Å². The molecule has 0 N–H and O–H groups in total. The van der Waals surface area contributed by atoms with Gasteiger partial charge in [-0.1, -0.05) is 0 Å². The summed E-state index contributed by atoms with van der Waals surface area (Å²) in [5.74, 6) is 1.08. The number of ketones is 1. The minimum Gasteiger partial charge on any atom is -0.368 e. The zero-order chi connectivity index (χ0) is 17.1. The third kappa shape index (κ3) is 3.31. The maximum atomic E-state index is 11.6. The van der Waals surface area contributed by atoms with E-state index in [1.807, 2.05) is 30.1 Å². The number of carbonyl (C=O) groups excluding carboxylic acids is 1. The van der Waals surface area contributed by atoms with Gasteiger partial charge in [0.2, 0.25) is 0 Å². The van der Waals surface area contributed by atoms with E-state index in [0.717, 1.165) is 44.2 Å². The zero-order valence-electron chi connectivity index (χ0n) is 14.1. The molecule has 24 heavy (non-hydrogen) atoms. The van der Waals surface area contributed by atoms with Crippen LogP contribution in [0.4, 0.5) is 5.69 Å². The van der Waals surface area contributed by atoms with Gasteiger partial charge in [-0.05, 0) is 25.1 Å². The van der Waals surface area contributed by atoms with Crippen LogP contribution in [0.2, 0.25) is 0 Å². The van der Waals surface area contributed by atoms with Gasteiger partial charge in [0.05, 0.1) is 17.8 Å². The van der Waals surface area contributed by atoms with Crippen LogP contribution in [-0.2, 0) is 13.6 Å². The molecule has 1 aromatic carbocycles. The highest BCUT2D eigenvalue weighted by molar-refractivity contribution is 5.95. The van der Waals surface area contributed by atoms with Crippen LogP contribution in [0.3, 0.4) is 0 Å². The van der Waals surface area contributed by atoms with Crippen molar-refractivity contribution in [3.05, 3.63) is 47.5 Å². The van der Waals surface area contributed by atoms with Crippen LogP contribution in [-0.4, -0.2) is 46.4 Å². The van der Waals surface area contributed by atoms with Crippen molar-refractivity contribution in [3.63, 3.8) is 0 Å². The first-order valence-corrected chi connectivity index (χ1v) is 8.07. The number of Topliss-reactive ketones (excluding diaryl/α,β-unsaturated/α-hetero) is 1. The lowest BCUT2D eigenvalue weighted by atomic mass is 10.1. The van der Waals surface area contributed by atoms with Crippen LogP contribution >= 0.6 is 0 Å². The number of piperazine rings is 1. The molecular weight excluding hydrogens is 302 g/mol. The number of aryl methyl sites for hydroxylation is 1. The van der Waals surface area contributed by atoms with Crippen molar-refractivity contribution < 1.29 is 4.79 Å². The quantitative estimate of drug-likeness (QED) is 0.803. The van der Waals surface area contributed by atoms with Crippen LogP contribution < -0.4 is 4.90 Å². The number of rotatable bonds is 4. The molecule has 1 aromatic heterocycles. The third-order valence-electron chi connectivity index (χ3n) is 4.52. The molecule has 0 bridgehead atoms.